The first-order chi connectivity index (χ1) is 14.9. The zero-order valence-electron chi connectivity index (χ0n) is 17.1. The molecule has 0 bridgehead atoms. The van der Waals surface area contributed by atoms with Gasteiger partial charge in [-0.3, -0.25) is 0 Å². The van der Waals surface area contributed by atoms with Gasteiger partial charge in [0.2, 0.25) is 5.75 Å². The van der Waals surface area contributed by atoms with E-state index >= 15 is 0 Å². The number of rotatable bonds is 6. The molecule has 0 amide bonds. The lowest BCUT2D eigenvalue weighted by molar-refractivity contribution is -0.276. The molecule has 0 aromatic heterocycles. The molecule has 0 unspecified atom stereocenters. The van der Waals surface area contributed by atoms with Gasteiger partial charge >= 0.3 is 12.5 Å². The highest BCUT2D eigenvalue weighted by atomic mass is 19.4. The van der Waals surface area contributed by atoms with Crippen molar-refractivity contribution in [1.82, 2.24) is 0 Å². The van der Waals surface area contributed by atoms with Gasteiger partial charge in [-0.15, -0.1) is 13.2 Å². The van der Waals surface area contributed by atoms with Crippen LogP contribution in [0.5, 0.6) is 11.5 Å². The third-order valence-electron chi connectivity index (χ3n) is 5.30. The largest absolute Gasteiger partial charge is 0.573 e. The van der Waals surface area contributed by atoms with Gasteiger partial charge in [0.15, 0.2) is 11.6 Å². The van der Waals surface area contributed by atoms with Gasteiger partial charge in [-0.05, 0) is 54.5 Å². The Morgan fingerprint density at radius 3 is 1.94 bits per heavy atom. The summed E-state index contributed by atoms with van der Waals surface area (Å²) in [6.45, 7) is 2.22. The van der Waals surface area contributed by atoms with E-state index in [1.165, 1.54) is 25.0 Å². The molecule has 2 nitrogen and oxygen atoms in total. The zero-order chi connectivity index (χ0) is 23.5. The van der Waals surface area contributed by atoms with Crippen LogP contribution in [-0.2, 0) is 6.11 Å². The standard InChI is InChI=1S/C23H21F7O2/c1-14-2-4-15(5-3-14)6-7-16-8-10-18(11-9-16)31-22(26,27)17-12-19(24)21(20(25)13-17)32-23(28,29)30/h6-15H,2-5H2,1H3/b7-6+. The molecule has 32 heavy (non-hydrogen) atoms. The molecule has 2 aromatic rings. The van der Waals surface area contributed by atoms with E-state index in [0.717, 1.165) is 24.3 Å². The maximum absolute atomic E-state index is 14.4. The molecule has 1 saturated carbocycles. The van der Waals surface area contributed by atoms with Crippen molar-refractivity contribution in [3.8, 4) is 11.5 Å². The number of hydrogen-bond acceptors (Lipinski definition) is 2. The molecular formula is C23H21F7O2. The molecule has 0 heterocycles. The fourth-order valence-corrected chi connectivity index (χ4v) is 3.52. The predicted molar refractivity (Wildman–Crippen MR) is 104 cm³/mol. The topological polar surface area (TPSA) is 18.5 Å². The van der Waals surface area contributed by atoms with E-state index in [2.05, 4.69) is 22.5 Å². The van der Waals surface area contributed by atoms with Crippen molar-refractivity contribution in [3.05, 3.63) is 65.2 Å². The van der Waals surface area contributed by atoms with Crippen LogP contribution in [0.3, 0.4) is 0 Å². The second-order valence-corrected chi connectivity index (χ2v) is 7.88. The number of halogens is 7. The van der Waals surface area contributed by atoms with Crippen LogP contribution in [0, 0.1) is 23.5 Å². The first kappa shape index (κ1) is 23.9. The number of alkyl halides is 5. The Hall–Kier alpha value is -2.71. The zero-order valence-corrected chi connectivity index (χ0v) is 17.1. The Labute approximate surface area is 180 Å². The number of hydrogen-bond donors (Lipinski definition) is 0. The number of ether oxygens (including phenoxy) is 2. The minimum absolute atomic E-state index is 0.0340. The molecule has 0 spiro atoms. The van der Waals surface area contributed by atoms with Crippen LogP contribution in [0.25, 0.3) is 6.08 Å². The Morgan fingerprint density at radius 1 is 0.844 bits per heavy atom. The summed E-state index contributed by atoms with van der Waals surface area (Å²) < 4.78 is 101. The summed E-state index contributed by atoms with van der Waals surface area (Å²) in [5, 5.41) is 0. The van der Waals surface area contributed by atoms with E-state index in [-0.39, 0.29) is 17.9 Å². The van der Waals surface area contributed by atoms with Gasteiger partial charge in [-0.25, -0.2) is 8.78 Å². The first-order valence-corrected chi connectivity index (χ1v) is 10.0. The highest BCUT2D eigenvalue weighted by molar-refractivity contribution is 5.51. The summed E-state index contributed by atoms with van der Waals surface area (Å²) in [5.41, 5.74) is -0.525. The van der Waals surface area contributed by atoms with Crippen molar-refractivity contribution in [1.29, 1.82) is 0 Å². The maximum atomic E-state index is 14.4. The van der Waals surface area contributed by atoms with Gasteiger partial charge in [0.1, 0.15) is 5.75 Å². The van der Waals surface area contributed by atoms with Crippen molar-refractivity contribution in [2.45, 2.75) is 45.1 Å². The Balaban J connectivity index is 1.68. The van der Waals surface area contributed by atoms with Crippen molar-refractivity contribution in [2.24, 2.45) is 11.8 Å². The van der Waals surface area contributed by atoms with Gasteiger partial charge in [0, 0.05) is 0 Å². The predicted octanol–water partition coefficient (Wildman–Crippen LogP) is 7.83. The average molecular weight is 462 g/mol. The van der Waals surface area contributed by atoms with E-state index in [9.17, 15) is 30.7 Å². The molecule has 174 valence electrons. The van der Waals surface area contributed by atoms with E-state index < -0.39 is 35.4 Å². The van der Waals surface area contributed by atoms with Crippen molar-refractivity contribution in [3.63, 3.8) is 0 Å². The summed E-state index contributed by atoms with van der Waals surface area (Å²) in [4.78, 5) is 0. The molecule has 3 rings (SSSR count). The van der Waals surface area contributed by atoms with Crippen LogP contribution >= 0.6 is 0 Å². The number of allylic oxidation sites excluding steroid dienone is 1. The summed E-state index contributed by atoms with van der Waals surface area (Å²) in [5.74, 6) is -4.76. The molecule has 0 radical (unpaired) electrons. The lowest BCUT2D eigenvalue weighted by Gasteiger charge is -2.23. The smallest absolute Gasteiger partial charge is 0.429 e. The molecule has 1 aliphatic carbocycles. The van der Waals surface area contributed by atoms with Crippen LogP contribution in [0.2, 0.25) is 0 Å². The van der Waals surface area contributed by atoms with Gasteiger partial charge in [0.05, 0.1) is 5.56 Å². The maximum Gasteiger partial charge on any atom is 0.573 e. The van der Waals surface area contributed by atoms with Crippen LogP contribution in [0.15, 0.2) is 42.5 Å². The molecule has 2 aromatic carbocycles. The Morgan fingerprint density at radius 2 is 1.41 bits per heavy atom. The molecule has 9 heteroatoms. The monoisotopic (exact) mass is 462 g/mol. The fourth-order valence-electron chi connectivity index (χ4n) is 3.52. The van der Waals surface area contributed by atoms with Crippen molar-refractivity contribution < 1.29 is 40.2 Å². The normalized spacial score (nSPS) is 19.9. The van der Waals surface area contributed by atoms with E-state index in [4.69, 9.17) is 0 Å². The molecule has 0 saturated heterocycles. The molecule has 0 N–H and O–H groups in total. The van der Waals surface area contributed by atoms with E-state index in [0.29, 0.717) is 5.92 Å². The van der Waals surface area contributed by atoms with Crippen molar-refractivity contribution in [2.75, 3.05) is 0 Å². The van der Waals surface area contributed by atoms with Crippen molar-refractivity contribution >= 4 is 6.08 Å². The quantitative estimate of drug-likeness (QED) is 0.407. The summed E-state index contributed by atoms with van der Waals surface area (Å²) >= 11 is 0. The van der Waals surface area contributed by atoms with Crippen LogP contribution < -0.4 is 9.47 Å². The Bertz CT molecular complexity index is 921. The summed E-state index contributed by atoms with van der Waals surface area (Å²) in [6, 6.07) is 5.71. The second kappa shape index (κ2) is 9.42. The SMILES string of the molecule is CC1CCC(/C=C/c2ccc(OC(F)(F)c3cc(F)c(OC(F)(F)F)c(F)c3)cc2)CC1. The number of benzene rings is 2. The summed E-state index contributed by atoms with van der Waals surface area (Å²) in [7, 11) is 0. The first-order valence-electron chi connectivity index (χ1n) is 10.0. The van der Waals surface area contributed by atoms with Gasteiger partial charge < -0.3 is 9.47 Å². The van der Waals surface area contributed by atoms with Gasteiger partial charge in [-0.1, -0.05) is 44.1 Å². The highest BCUT2D eigenvalue weighted by Crippen LogP contribution is 2.37. The third-order valence-corrected chi connectivity index (χ3v) is 5.30. The van der Waals surface area contributed by atoms with Gasteiger partial charge in [0.25, 0.3) is 0 Å². The lowest BCUT2D eigenvalue weighted by atomic mass is 9.83. The molecule has 0 atom stereocenters. The minimum atomic E-state index is -5.38. The Kier molecular flexibility index (Phi) is 7.05. The molecule has 1 fully saturated rings. The molecular weight excluding hydrogens is 441 g/mol. The highest BCUT2D eigenvalue weighted by Gasteiger charge is 2.39. The molecule has 1 aliphatic rings. The second-order valence-electron chi connectivity index (χ2n) is 7.88. The molecule has 0 aliphatic heterocycles. The third kappa shape index (κ3) is 6.40. The van der Waals surface area contributed by atoms with E-state index in [1.807, 2.05) is 6.08 Å². The average Bonchev–Trinajstić information content (AvgIpc) is 2.70. The van der Waals surface area contributed by atoms with Crippen LogP contribution in [-0.4, -0.2) is 6.36 Å². The van der Waals surface area contributed by atoms with Crippen LogP contribution in [0.1, 0.15) is 43.7 Å². The van der Waals surface area contributed by atoms with Crippen LogP contribution in [0.4, 0.5) is 30.7 Å². The minimum Gasteiger partial charge on any atom is -0.429 e. The van der Waals surface area contributed by atoms with Gasteiger partial charge in [-0.2, -0.15) is 8.78 Å². The fraction of sp³-hybridized carbons (Fsp3) is 0.391. The summed E-state index contributed by atoms with van der Waals surface area (Å²) in [6.07, 6.45) is -1.06. The lowest BCUT2D eigenvalue weighted by Crippen LogP contribution is -2.23. The van der Waals surface area contributed by atoms with E-state index in [1.54, 1.807) is 12.1 Å².